The number of esters is 1. The van der Waals surface area contributed by atoms with E-state index < -0.39 is 17.8 Å². The molecule has 0 fully saturated rings. The molecule has 2 aromatic carbocycles. The van der Waals surface area contributed by atoms with Crippen LogP contribution >= 0.6 is 34.5 Å². The molecule has 8 nitrogen and oxygen atoms in total. The molecule has 35 heavy (non-hydrogen) atoms. The molecule has 0 aliphatic carbocycles. The molecule has 0 saturated carbocycles. The van der Waals surface area contributed by atoms with Gasteiger partial charge in [0.25, 0.3) is 11.8 Å². The Morgan fingerprint density at radius 2 is 1.83 bits per heavy atom. The van der Waals surface area contributed by atoms with Crippen LogP contribution in [0.1, 0.15) is 32.5 Å². The van der Waals surface area contributed by atoms with Crippen molar-refractivity contribution in [1.82, 2.24) is 0 Å². The van der Waals surface area contributed by atoms with Crippen LogP contribution in [0.2, 0.25) is 10.0 Å². The van der Waals surface area contributed by atoms with Crippen molar-refractivity contribution in [2.24, 2.45) is 0 Å². The predicted molar refractivity (Wildman–Crippen MR) is 137 cm³/mol. The number of benzene rings is 2. The van der Waals surface area contributed by atoms with Crippen LogP contribution in [-0.2, 0) is 9.53 Å². The minimum absolute atomic E-state index is 0.102. The predicted octanol–water partition coefficient (Wildman–Crippen LogP) is 5.82. The number of methoxy groups -OCH3 is 1. The lowest BCUT2D eigenvalue weighted by Gasteiger charge is -2.09. The molecule has 2 amide bonds. The third-order valence-corrected chi connectivity index (χ3v) is 6.40. The number of hydrogen-bond acceptors (Lipinski definition) is 7. The Labute approximate surface area is 216 Å². The molecule has 0 aliphatic rings. The van der Waals surface area contributed by atoms with Crippen LogP contribution in [-0.4, -0.2) is 38.1 Å². The fraction of sp³-hybridized carbons (Fsp3) is 0.208. The molecule has 3 aromatic rings. The second kappa shape index (κ2) is 11.9. The van der Waals surface area contributed by atoms with Crippen molar-refractivity contribution in [1.29, 1.82) is 0 Å². The van der Waals surface area contributed by atoms with Crippen molar-refractivity contribution in [3.05, 3.63) is 68.5 Å². The monoisotopic (exact) mass is 536 g/mol. The Morgan fingerprint density at radius 1 is 1.06 bits per heavy atom. The van der Waals surface area contributed by atoms with Crippen LogP contribution in [0.15, 0.2) is 42.5 Å². The molecule has 0 atom stereocenters. The summed E-state index contributed by atoms with van der Waals surface area (Å²) in [4.78, 5) is 38.4. The highest BCUT2D eigenvalue weighted by Gasteiger charge is 2.27. The summed E-state index contributed by atoms with van der Waals surface area (Å²) in [5.74, 6) is -0.804. The molecular formula is C24H22Cl2N2O6S. The largest absolute Gasteiger partial charge is 0.497 e. The molecule has 0 bridgehead atoms. The summed E-state index contributed by atoms with van der Waals surface area (Å²) in [5.41, 5.74) is 0.995. The highest BCUT2D eigenvalue weighted by molar-refractivity contribution is 7.19. The molecule has 0 radical (unpaired) electrons. The fourth-order valence-electron chi connectivity index (χ4n) is 3.05. The highest BCUT2D eigenvalue weighted by Crippen LogP contribution is 2.35. The maximum atomic E-state index is 13.0. The Hall–Kier alpha value is -3.27. The van der Waals surface area contributed by atoms with Crippen LogP contribution in [0.4, 0.5) is 10.7 Å². The minimum Gasteiger partial charge on any atom is -0.497 e. The first-order chi connectivity index (χ1) is 16.7. The Balaban J connectivity index is 1.81. The Bertz CT molecular complexity index is 1260. The molecule has 11 heteroatoms. The number of hydrogen-bond donors (Lipinski definition) is 2. The average Bonchev–Trinajstić information content (AvgIpc) is 3.14. The summed E-state index contributed by atoms with van der Waals surface area (Å²) in [6.07, 6.45) is 0. The summed E-state index contributed by atoms with van der Waals surface area (Å²) in [5, 5.41) is 6.26. The molecule has 0 spiro atoms. The molecule has 184 valence electrons. The van der Waals surface area contributed by atoms with E-state index >= 15 is 0 Å². The first-order valence-electron chi connectivity index (χ1n) is 10.4. The van der Waals surface area contributed by atoms with Crippen LogP contribution in [0, 0.1) is 6.92 Å². The van der Waals surface area contributed by atoms with E-state index in [1.165, 1.54) is 19.2 Å². The molecule has 3 rings (SSSR count). The van der Waals surface area contributed by atoms with Gasteiger partial charge in [0.1, 0.15) is 16.5 Å². The molecule has 2 N–H and O–H groups in total. The van der Waals surface area contributed by atoms with Gasteiger partial charge >= 0.3 is 5.97 Å². The maximum Gasteiger partial charge on any atom is 0.341 e. The van der Waals surface area contributed by atoms with Gasteiger partial charge in [0.2, 0.25) is 0 Å². The summed E-state index contributed by atoms with van der Waals surface area (Å²) in [7, 11) is 1.52. The van der Waals surface area contributed by atoms with Crippen LogP contribution in [0.25, 0.3) is 0 Å². The molecule has 1 aromatic heterocycles. The third kappa shape index (κ3) is 6.66. The van der Waals surface area contributed by atoms with Gasteiger partial charge in [-0.15, -0.1) is 11.3 Å². The lowest BCUT2D eigenvalue weighted by atomic mass is 10.1. The van der Waals surface area contributed by atoms with Crippen molar-refractivity contribution in [3.8, 4) is 11.5 Å². The van der Waals surface area contributed by atoms with Gasteiger partial charge in [-0.05, 0) is 49.7 Å². The standard InChI is InChI=1S/C24H22Cl2N2O6S/c1-4-33-24(31)20-13(2)21(22(30)27-15-6-5-7-16(11-15)32-3)35-23(20)28-19(29)12-34-18-9-8-14(25)10-17(18)26/h5-11H,4,12H2,1-3H3,(H,27,30)(H,28,29). The quantitative estimate of drug-likeness (QED) is 0.334. The highest BCUT2D eigenvalue weighted by atomic mass is 35.5. The van der Waals surface area contributed by atoms with Crippen molar-refractivity contribution in [2.45, 2.75) is 13.8 Å². The van der Waals surface area contributed by atoms with Crippen molar-refractivity contribution in [2.75, 3.05) is 31.0 Å². The van der Waals surface area contributed by atoms with Crippen LogP contribution in [0.5, 0.6) is 11.5 Å². The normalized spacial score (nSPS) is 10.4. The SMILES string of the molecule is CCOC(=O)c1c(NC(=O)COc2ccc(Cl)cc2Cl)sc(C(=O)Nc2cccc(OC)c2)c1C. The number of amides is 2. The zero-order valence-electron chi connectivity index (χ0n) is 19.1. The summed E-state index contributed by atoms with van der Waals surface area (Å²) in [6, 6.07) is 11.5. The number of nitrogens with one attached hydrogen (secondary N) is 2. The lowest BCUT2D eigenvalue weighted by Crippen LogP contribution is -2.21. The second-order valence-corrected chi connectivity index (χ2v) is 8.94. The number of carbonyl (C=O) groups excluding carboxylic acids is 3. The van der Waals surface area contributed by atoms with Gasteiger partial charge in [0.05, 0.1) is 29.2 Å². The zero-order chi connectivity index (χ0) is 25.5. The van der Waals surface area contributed by atoms with Crippen molar-refractivity contribution in [3.63, 3.8) is 0 Å². The summed E-state index contributed by atoms with van der Waals surface area (Å²) in [6.45, 7) is 3.03. The van der Waals surface area contributed by atoms with Gasteiger partial charge < -0.3 is 24.8 Å². The van der Waals surface area contributed by atoms with E-state index in [0.29, 0.717) is 22.0 Å². The van der Waals surface area contributed by atoms with Crippen LogP contribution < -0.4 is 20.1 Å². The van der Waals surface area contributed by atoms with Gasteiger partial charge in [-0.25, -0.2) is 4.79 Å². The van der Waals surface area contributed by atoms with Gasteiger partial charge in [-0.3, -0.25) is 9.59 Å². The smallest absolute Gasteiger partial charge is 0.341 e. The van der Waals surface area contributed by atoms with Crippen LogP contribution in [0.3, 0.4) is 0 Å². The van der Waals surface area contributed by atoms with Crippen molar-refractivity contribution >= 4 is 63.0 Å². The number of halogens is 2. The third-order valence-electron chi connectivity index (χ3n) is 4.67. The van der Waals surface area contributed by atoms with E-state index in [-0.39, 0.29) is 39.4 Å². The van der Waals surface area contributed by atoms with Crippen molar-refractivity contribution < 1.29 is 28.6 Å². The molecule has 0 unspecified atom stereocenters. The van der Waals surface area contributed by atoms with Gasteiger partial charge in [0, 0.05) is 16.8 Å². The number of anilines is 2. The topological polar surface area (TPSA) is 103 Å². The van der Waals surface area contributed by atoms with E-state index in [1.807, 2.05) is 0 Å². The zero-order valence-corrected chi connectivity index (χ0v) is 21.4. The molecule has 1 heterocycles. The number of ether oxygens (including phenoxy) is 3. The lowest BCUT2D eigenvalue weighted by molar-refractivity contribution is -0.118. The minimum atomic E-state index is -0.654. The fourth-order valence-corrected chi connectivity index (χ4v) is 4.62. The molecule has 0 saturated heterocycles. The van der Waals surface area contributed by atoms with Gasteiger partial charge in [0.15, 0.2) is 6.61 Å². The van der Waals surface area contributed by atoms with Gasteiger partial charge in [-0.1, -0.05) is 29.3 Å². The second-order valence-electron chi connectivity index (χ2n) is 7.08. The average molecular weight is 537 g/mol. The summed E-state index contributed by atoms with van der Waals surface area (Å²) >= 11 is 12.9. The number of rotatable bonds is 9. The van der Waals surface area contributed by atoms with Gasteiger partial charge in [-0.2, -0.15) is 0 Å². The number of carbonyl (C=O) groups is 3. The summed E-state index contributed by atoms with van der Waals surface area (Å²) < 4.78 is 15.8. The number of thiophene rings is 1. The van der Waals surface area contributed by atoms with E-state index in [0.717, 1.165) is 11.3 Å². The molecule has 0 aliphatic heterocycles. The van der Waals surface area contributed by atoms with E-state index in [2.05, 4.69) is 10.6 Å². The Kier molecular flexibility index (Phi) is 8.97. The Morgan fingerprint density at radius 3 is 2.51 bits per heavy atom. The van der Waals surface area contributed by atoms with E-state index in [9.17, 15) is 14.4 Å². The first kappa shape index (κ1) is 26.3. The molecular weight excluding hydrogens is 515 g/mol. The van der Waals surface area contributed by atoms with E-state index in [4.69, 9.17) is 37.4 Å². The first-order valence-corrected chi connectivity index (χ1v) is 11.9. The maximum absolute atomic E-state index is 13.0. The van der Waals surface area contributed by atoms with E-state index in [1.54, 1.807) is 44.2 Å².